The molecule has 1 fully saturated rings. The summed E-state index contributed by atoms with van der Waals surface area (Å²) >= 11 is 0. The smallest absolute Gasteiger partial charge is 0.434 e. The van der Waals surface area contributed by atoms with Crippen LogP contribution in [0.15, 0.2) is 30.5 Å². The number of alkyl halides is 3. The Kier molecular flexibility index (Phi) is 4.95. The summed E-state index contributed by atoms with van der Waals surface area (Å²) in [5, 5.41) is 12.9. The summed E-state index contributed by atoms with van der Waals surface area (Å²) in [6, 6.07) is 6.37. The van der Waals surface area contributed by atoms with Gasteiger partial charge >= 0.3 is 12.1 Å². The third-order valence-electron chi connectivity index (χ3n) is 4.57. The molecule has 2 heterocycles. The normalized spacial score (nSPS) is 17.8. The second-order valence-corrected chi connectivity index (χ2v) is 6.58. The zero-order chi connectivity index (χ0) is 19.8. The van der Waals surface area contributed by atoms with E-state index in [1.54, 1.807) is 19.1 Å². The summed E-state index contributed by atoms with van der Waals surface area (Å²) in [7, 11) is 0. The number of carbonyl (C=O) groups excluding carboxylic acids is 1. The molecule has 144 valence electrons. The zero-order valence-corrected chi connectivity index (χ0v) is 14.5. The van der Waals surface area contributed by atoms with Gasteiger partial charge in [0.15, 0.2) is 5.69 Å². The topological polar surface area (TPSA) is 75.4 Å². The number of hydrogen-bond donors (Lipinski definition) is 1. The zero-order valence-electron chi connectivity index (χ0n) is 14.5. The number of carboxylic acids is 1. The third-order valence-corrected chi connectivity index (χ3v) is 4.57. The number of carboxylic acid groups (broad SMARTS) is 1. The Morgan fingerprint density at radius 2 is 2.04 bits per heavy atom. The summed E-state index contributed by atoms with van der Waals surface area (Å²) in [6.07, 6.45) is -3.07. The number of rotatable bonds is 3. The summed E-state index contributed by atoms with van der Waals surface area (Å²) in [4.78, 5) is 25.1. The van der Waals surface area contributed by atoms with Gasteiger partial charge < -0.3 is 10.0 Å². The van der Waals surface area contributed by atoms with Crippen molar-refractivity contribution in [3.8, 4) is 5.69 Å². The van der Waals surface area contributed by atoms with Crippen LogP contribution in [0.5, 0.6) is 0 Å². The highest BCUT2D eigenvalue weighted by Gasteiger charge is 2.42. The monoisotopic (exact) mass is 381 g/mol. The van der Waals surface area contributed by atoms with Crippen molar-refractivity contribution < 1.29 is 27.9 Å². The fourth-order valence-corrected chi connectivity index (χ4v) is 3.27. The number of halogens is 3. The second-order valence-electron chi connectivity index (χ2n) is 6.58. The van der Waals surface area contributed by atoms with E-state index in [0.29, 0.717) is 17.5 Å². The van der Waals surface area contributed by atoms with Gasteiger partial charge in [-0.15, -0.1) is 0 Å². The quantitative estimate of drug-likeness (QED) is 0.886. The Hall–Kier alpha value is -2.84. The molecule has 1 N–H and O–H groups in total. The molecule has 1 saturated heterocycles. The van der Waals surface area contributed by atoms with Gasteiger partial charge in [-0.3, -0.25) is 9.59 Å². The van der Waals surface area contributed by atoms with Crippen molar-refractivity contribution in [2.75, 3.05) is 13.1 Å². The van der Waals surface area contributed by atoms with E-state index in [4.69, 9.17) is 5.11 Å². The number of carbonyl (C=O) groups is 2. The van der Waals surface area contributed by atoms with E-state index in [-0.39, 0.29) is 18.8 Å². The van der Waals surface area contributed by atoms with Crippen LogP contribution >= 0.6 is 0 Å². The lowest BCUT2D eigenvalue weighted by molar-refractivity contribution is -0.144. The maximum absolute atomic E-state index is 13.7. The molecule has 1 aliphatic heterocycles. The Morgan fingerprint density at radius 3 is 2.67 bits per heavy atom. The molecule has 0 radical (unpaired) electrons. The lowest BCUT2D eigenvalue weighted by atomic mass is 9.97. The molecule has 0 bridgehead atoms. The van der Waals surface area contributed by atoms with Gasteiger partial charge in [-0.1, -0.05) is 12.1 Å². The third kappa shape index (κ3) is 3.81. The van der Waals surface area contributed by atoms with Crippen LogP contribution in [0.2, 0.25) is 0 Å². The van der Waals surface area contributed by atoms with Gasteiger partial charge in [-0.05, 0) is 37.5 Å². The molecule has 1 unspecified atom stereocenters. The minimum Gasteiger partial charge on any atom is -0.481 e. The molecule has 1 aromatic heterocycles. The van der Waals surface area contributed by atoms with Gasteiger partial charge in [0.25, 0.3) is 5.91 Å². The first-order valence-electron chi connectivity index (χ1n) is 8.43. The van der Waals surface area contributed by atoms with Crippen LogP contribution in [0.3, 0.4) is 0 Å². The highest BCUT2D eigenvalue weighted by Crippen LogP contribution is 2.34. The summed E-state index contributed by atoms with van der Waals surface area (Å²) in [5.74, 6) is -2.69. The van der Waals surface area contributed by atoms with Gasteiger partial charge in [0.05, 0.1) is 23.4 Å². The molecule has 9 heteroatoms. The van der Waals surface area contributed by atoms with Gasteiger partial charge in [0.2, 0.25) is 0 Å². The maximum atomic E-state index is 13.7. The number of likely N-dealkylation sites (tertiary alicyclic amines) is 1. The van der Waals surface area contributed by atoms with Crippen LogP contribution in [0, 0.1) is 12.8 Å². The molecule has 6 nitrogen and oxygen atoms in total. The first-order valence-corrected chi connectivity index (χ1v) is 8.43. The lowest BCUT2D eigenvalue weighted by Gasteiger charge is -2.30. The van der Waals surface area contributed by atoms with Gasteiger partial charge in [-0.25, -0.2) is 4.68 Å². The van der Waals surface area contributed by atoms with E-state index in [2.05, 4.69) is 5.10 Å². The Morgan fingerprint density at radius 1 is 1.30 bits per heavy atom. The molecule has 0 saturated carbocycles. The Labute approximate surface area is 153 Å². The standard InChI is InChI=1S/C18H18F3N3O3/c1-11-4-2-6-13(8-11)24-15(18(19,20)21)14(9-22-24)16(25)23-7-3-5-12(10-23)17(26)27/h2,4,6,8-9,12H,3,5,7,10H2,1H3,(H,26,27). The van der Waals surface area contributed by atoms with E-state index >= 15 is 0 Å². The van der Waals surface area contributed by atoms with Crippen molar-refractivity contribution in [2.24, 2.45) is 5.92 Å². The van der Waals surface area contributed by atoms with Gasteiger partial charge in [-0.2, -0.15) is 18.3 Å². The molecular formula is C18H18F3N3O3. The van der Waals surface area contributed by atoms with Crippen molar-refractivity contribution in [1.29, 1.82) is 0 Å². The highest BCUT2D eigenvalue weighted by atomic mass is 19.4. The number of aliphatic carboxylic acids is 1. The minimum absolute atomic E-state index is 0.110. The predicted octanol–water partition coefficient (Wildman–Crippen LogP) is 3.14. The van der Waals surface area contributed by atoms with Crippen LogP contribution in [0.4, 0.5) is 13.2 Å². The van der Waals surface area contributed by atoms with Gasteiger partial charge in [0.1, 0.15) is 0 Å². The van der Waals surface area contributed by atoms with E-state index < -0.39 is 35.2 Å². The molecule has 2 aromatic rings. The minimum atomic E-state index is -4.80. The molecule has 27 heavy (non-hydrogen) atoms. The molecule has 3 rings (SSSR count). The maximum Gasteiger partial charge on any atom is 0.434 e. The number of amides is 1. The molecular weight excluding hydrogens is 363 g/mol. The number of aromatic nitrogens is 2. The summed E-state index contributed by atoms with van der Waals surface area (Å²) in [6.45, 7) is 1.85. The van der Waals surface area contributed by atoms with Gasteiger partial charge in [0, 0.05) is 13.1 Å². The van der Waals surface area contributed by atoms with Crippen molar-refractivity contribution >= 4 is 11.9 Å². The average molecular weight is 381 g/mol. The Bertz CT molecular complexity index is 876. The van der Waals surface area contributed by atoms with Crippen molar-refractivity contribution in [2.45, 2.75) is 25.9 Å². The van der Waals surface area contributed by atoms with Crippen molar-refractivity contribution in [3.05, 3.63) is 47.3 Å². The molecule has 0 spiro atoms. The number of aryl methyl sites for hydroxylation is 1. The van der Waals surface area contributed by atoms with Crippen LogP contribution in [-0.2, 0) is 11.0 Å². The average Bonchev–Trinajstić information content (AvgIpc) is 3.06. The Balaban J connectivity index is 2.01. The number of nitrogens with zero attached hydrogens (tertiary/aromatic N) is 3. The summed E-state index contributed by atoms with van der Waals surface area (Å²) in [5.41, 5.74) is -0.779. The number of benzene rings is 1. The largest absolute Gasteiger partial charge is 0.481 e. The predicted molar refractivity (Wildman–Crippen MR) is 89.6 cm³/mol. The van der Waals surface area contributed by atoms with Crippen molar-refractivity contribution in [1.82, 2.24) is 14.7 Å². The lowest BCUT2D eigenvalue weighted by Crippen LogP contribution is -2.42. The van der Waals surface area contributed by atoms with Crippen molar-refractivity contribution in [3.63, 3.8) is 0 Å². The molecule has 1 atom stereocenters. The summed E-state index contributed by atoms with van der Waals surface area (Å²) < 4.78 is 41.9. The number of piperidine rings is 1. The molecule has 1 amide bonds. The van der Waals surface area contributed by atoms with E-state index in [9.17, 15) is 22.8 Å². The molecule has 1 aliphatic rings. The van der Waals surface area contributed by atoms with Crippen LogP contribution in [0.25, 0.3) is 5.69 Å². The van der Waals surface area contributed by atoms with Crippen LogP contribution in [0.1, 0.15) is 34.5 Å². The van der Waals surface area contributed by atoms with E-state index in [1.807, 2.05) is 0 Å². The molecule has 0 aliphatic carbocycles. The van der Waals surface area contributed by atoms with E-state index in [0.717, 1.165) is 16.7 Å². The van der Waals surface area contributed by atoms with Crippen LogP contribution < -0.4 is 0 Å². The fourth-order valence-electron chi connectivity index (χ4n) is 3.27. The van der Waals surface area contributed by atoms with E-state index in [1.165, 1.54) is 12.1 Å². The highest BCUT2D eigenvalue weighted by molar-refractivity contribution is 5.96. The van der Waals surface area contributed by atoms with Crippen LogP contribution in [-0.4, -0.2) is 44.8 Å². The molecule has 1 aromatic carbocycles. The fraction of sp³-hybridized carbons (Fsp3) is 0.389. The first-order chi connectivity index (χ1) is 12.7. The first kappa shape index (κ1) is 18.9. The SMILES string of the molecule is Cc1cccc(-n2ncc(C(=O)N3CCCC(C(=O)O)C3)c2C(F)(F)F)c1. The second kappa shape index (κ2) is 7.05. The number of hydrogen-bond acceptors (Lipinski definition) is 3.